The topological polar surface area (TPSA) is 70.6 Å². The van der Waals surface area contributed by atoms with Crippen LogP contribution in [0.5, 0.6) is 0 Å². The summed E-state index contributed by atoms with van der Waals surface area (Å²) in [6.07, 6.45) is 2.12. The van der Waals surface area contributed by atoms with Crippen LogP contribution in [0.3, 0.4) is 0 Å². The molecule has 1 saturated heterocycles. The molecule has 1 amide bonds. The third-order valence-corrected chi connectivity index (χ3v) is 6.67. The van der Waals surface area contributed by atoms with Crippen molar-refractivity contribution >= 4 is 27.3 Å². The molecule has 0 atom stereocenters. The van der Waals surface area contributed by atoms with Gasteiger partial charge in [-0.3, -0.25) is 4.79 Å². The number of carbonyl (C=O) groups is 1. The lowest BCUT2D eigenvalue weighted by atomic mass is 10.1. The Hall–Kier alpha value is -1.77. The van der Waals surface area contributed by atoms with Gasteiger partial charge in [0, 0.05) is 37.1 Å². The first-order valence-corrected chi connectivity index (χ1v) is 11.3. The molecule has 2 heterocycles. The number of aromatic nitrogens is 1. The van der Waals surface area contributed by atoms with E-state index in [9.17, 15) is 13.2 Å². The highest BCUT2D eigenvalue weighted by Crippen LogP contribution is 2.24. The number of sulfonamides is 1. The largest absolute Gasteiger partial charge is 0.341 e. The van der Waals surface area contributed by atoms with E-state index < -0.39 is 10.0 Å². The van der Waals surface area contributed by atoms with Gasteiger partial charge < -0.3 is 4.90 Å². The van der Waals surface area contributed by atoms with E-state index in [-0.39, 0.29) is 12.3 Å². The lowest BCUT2D eigenvalue weighted by Crippen LogP contribution is -2.37. The molecule has 0 unspecified atom stereocenters. The quantitative estimate of drug-likeness (QED) is 0.798. The summed E-state index contributed by atoms with van der Waals surface area (Å²) in [5, 5.41) is 2.84. The van der Waals surface area contributed by atoms with Gasteiger partial charge in [-0.15, -0.1) is 11.3 Å². The van der Waals surface area contributed by atoms with Gasteiger partial charge in [-0.25, -0.2) is 17.7 Å². The van der Waals surface area contributed by atoms with Gasteiger partial charge in [0.15, 0.2) is 0 Å². The van der Waals surface area contributed by atoms with Crippen molar-refractivity contribution in [3.63, 3.8) is 0 Å². The van der Waals surface area contributed by atoms with E-state index in [4.69, 9.17) is 0 Å². The number of hydrogen-bond acceptors (Lipinski definition) is 5. The number of amides is 1. The maximum Gasteiger partial charge on any atom is 0.228 e. The fraction of sp³-hybridized carbons (Fsp3) is 0.444. The van der Waals surface area contributed by atoms with Gasteiger partial charge in [0.2, 0.25) is 15.9 Å². The summed E-state index contributed by atoms with van der Waals surface area (Å²) in [6, 6.07) is 8.15. The fourth-order valence-electron chi connectivity index (χ4n) is 3.04. The Kier molecular flexibility index (Phi) is 5.74. The van der Waals surface area contributed by atoms with Crippen molar-refractivity contribution in [1.29, 1.82) is 0 Å². The second kappa shape index (κ2) is 7.85. The summed E-state index contributed by atoms with van der Waals surface area (Å²) < 4.78 is 24.8. The Morgan fingerprint density at radius 1 is 1.23 bits per heavy atom. The van der Waals surface area contributed by atoms with Gasteiger partial charge in [-0.1, -0.05) is 23.8 Å². The predicted octanol–water partition coefficient (Wildman–Crippen LogP) is 2.15. The molecule has 0 bridgehead atoms. The summed E-state index contributed by atoms with van der Waals surface area (Å²) in [5.41, 5.74) is 3.00. The van der Waals surface area contributed by atoms with Crippen LogP contribution in [0.1, 0.15) is 17.7 Å². The Balaban J connectivity index is 1.63. The van der Waals surface area contributed by atoms with Gasteiger partial charge in [-0.05, 0) is 19.4 Å². The number of carbonyl (C=O) groups excluding carboxylic acids is 1. The molecule has 2 aromatic rings. The first-order chi connectivity index (χ1) is 12.3. The van der Waals surface area contributed by atoms with Crippen LogP contribution in [0.2, 0.25) is 0 Å². The highest BCUT2D eigenvalue weighted by atomic mass is 32.2. The van der Waals surface area contributed by atoms with Gasteiger partial charge in [0.1, 0.15) is 5.01 Å². The van der Waals surface area contributed by atoms with Crippen molar-refractivity contribution < 1.29 is 13.2 Å². The third-order valence-electron chi connectivity index (χ3n) is 4.43. The maximum atomic E-state index is 12.6. The van der Waals surface area contributed by atoms with E-state index in [0.717, 1.165) is 16.3 Å². The molecule has 8 heteroatoms. The molecule has 1 aromatic carbocycles. The van der Waals surface area contributed by atoms with E-state index in [1.807, 2.05) is 30.5 Å². The predicted molar refractivity (Wildman–Crippen MR) is 104 cm³/mol. The smallest absolute Gasteiger partial charge is 0.228 e. The summed E-state index contributed by atoms with van der Waals surface area (Å²) in [6.45, 7) is 3.88. The number of aryl methyl sites for hydroxylation is 1. The summed E-state index contributed by atoms with van der Waals surface area (Å²) in [7, 11) is -3.20. The monoisotopic (exact) mass is 393 g/mol. The molecule has 1 aromatic heterocycles. The Morgan fingerprint density at radius 3 is 2.77 bits per heavy atom. The number of hydrogen-bond donors (Lipinski definition) is 0. The lowest BCUT2D eigenvalue weighted by Gasteiger charge is -2.20. The van der Waals surface area contributed by atoms with Crippen LogP contribution in [0.25, 0.3) is 10.6 Å². The molecule has 1 fully saturated rings. The molecule has 0 saturated carbocycles. The molecular weight excluding hydrogens is 370 g/mol. The number of rotatable bonds is 4. The van der Waals surface area contributed by atoms with Crippen molar-refractivity contribution in [2.75, 3.05) is 32.4 Å². The first-order valence-electron chi connectivity index (χ1n) is 8.57. The molecule has 0 radical (unpaired) electrons. The number of thiazole rings is 1. The van der Waals surface area contributed by atoms with Crippen LogP contribution in [0.15, 0.2) is 29.6 Å². The molecule has 0 aliphatic carbocycles. The fourth-order valence-corrected chi connectivity index (χ4v) is 4.73. The van der Waals surface area contributed by atoms with Crippen LogP contribution in [0.4, 0.5) is 0 Å². The van der Waals surface area contributed by atoms with Gasteiger partial charge in [-0.2, -0.15) is 0 Å². The van der Waals surface area contributed by atoms with Crippen molar-refractivity contribution in [3.05, 3.63) is 40.9 Å². The average Bonchev–Trinajstić information content (AvgIpc) is 2.88. The van der Waals surface area contributed by atoms with E-state index in [1.165, 1.54) is 27.5 Å². The SMILES string of the molecule is Cc1cccc(-c2nc(CC(=O)N3CCCN(S(C)(=O)=O)CC3)cs2)c1. The van der Waals surface area contributed by atoms with Crippen LogP contribution >= 0.6 is 11.3 Å². The molecule has 0 spiro atoms. The zero-order valence-electron chi connectivity index (χ0n) is 15.0. The molecule has 26 heavy (non-hydrogen) atoms. The van der Waals surface area contributed by atoms with Crippen molar-refractivity contribution in [1.82, 2.24) is 14.2 Å². The minimum absolute atomic E-state index is 0.00134. The summed E-state index contributed by atoms with van der Waals surface area (Å²) >= 11 is 1.54. The Morgan fingerprint density at radius 2 is 2.04 bits per heavy atom. The Bertz CT molecular complexity index is 893. The minimum atomic E-state index is -3.20. The van der Waals surface area contributed by atoms with Gasteiger partial charge in [0.25, 0.3) is 0 Å². The van der Waals surface area contributed by atoms with Crippen LogP contribution < -0.4 is 0 Å². The number of nitrogens with zero attached hydrogens (tertiary/aromatic N) is 3. The minimum Gasteiger partial charge on any atom is -0.341 e. The second-order valence-electron chi connectivity index (χ2n) is 6.59. The number of benzene rings is 1. The second-order valence-corrected chi connectivity index (χ2v) is 9.43. The standard InChI is InChI=1S/C18H23N3O3S2/c1-14-5-3-6-15(11-14)18-19-16(13-25-18)12-17(22)20-7-4-8-21(10-9-20)26(2,23)24/h3,5-6,11,13H,4,7-10,12H2,1-2H3. The highest BCUT2D eigenvalue weighted by molar-refractivity contribution is 7.88. The maximum absolute atomic E-state index is 12.6. The van der Waals surface area contributed by atoms with Crippen LogP contribution in [0, 0.1) is 6.92 Å². The van der Waals surface area contributed by atoms with E-state index >= 15 is 0 Å². The molecule has 3 rings (SSSR count). The third kappa shape index (κ3) is 4.69. The van der Waals surface area contributed by atoms with Crippen molar-refractivity contribution in [3.8, 4) is 10.6 Å². The molecule has 1 aliphatic heterocycles. The summed E-state index contributed by atoms with van der Waals surface area (Å²) in [4.78, 5) is 18.9. The van der Waals surface area contributed by atoms with Crippen molar-refractivity contribution in [2.45, 2.75) is 19.8 Å². The van der Waals surface area contributed by atoms with Crippen LogP contribution in [-0.2, 0) is 21.2 Å². The lowest BCUT2D eigenvalue weighted by molar-refractivity contribution is -0.130. The zero-order valence-corrected chi connectivity index (χ0v) is 16.6. The van der Waals surface area contributed by atoms with Gasteiger partial charge >= 0.3 is 0 Å². The average molecular weight is 394 g/mol. The normalized spacial score (nSPS) is 16.5. The molecular formula is C18H23N3O3S2. The molecule has 1 aliphatic rings. The zero-order chi connectivity index (χ0) is 18.7. The van der Waals surface area contributed by atoms with E-state index in [0.29, 0.717) is 32.6 Å². The van der Waals surface area contributed by atoms with Gasteiger partial charge in [0.05, 0.1) is 18.4 Å². The van der Waals surface area contributed by atoms with E-state index in [1.54, 1.807) is 4.90 Å². The van der Waals surface area contributed by atoms with E-state index in [2.05, 4.69) is 11.1 Å². The first kappa shape index (κ1) is 19.0. The highest BCUT2D eigenvalue weighted by Gasteiger charge is 2.24. The summed E-state index contributed by atoms with van der Waals surface area (Å²) in [5.74, 6) is 0.00134. The molecule has 0 N–H and O–H groups in total. The molecule has 6 nitrogen and oxygen atoms in total. The van der Waals surface area contributed by atoms with Crippen molar-refractivity contribution in [2.24, 2.45) is 0 Å². The Labute approximate surface area is 158 Å². The van der Waals surface area contributed by atoms with Crippen LogP contribution in [-0.4, -0.2) is 60.9 Å². The molecule has 140 valence electrons.